The molecule has 2 aromatic carbocycles. The summed E-state index contributed by atoms with van der Waals surface area (Å²) in [5.74, 6) is 0.828. The Labute approximate surface area is 106 Å². The zero-order valence-electron chi connectivity index (χ0n) is 10.4. The summed E-state index contributed by atoms with van der Waals surface area (Å²) in [5, 5.41) is 1.15. The van der Waals surface area contributed by atoms with Gasteiger partial charge in [-0.25, -0.2) is 0 Å². The first kappa shape index (κ1) is 10.9. The van der Waals surface area contributed by atoms with Crippen molar-refractivity contribution in [3.05, 3.63) is 54.3 Å². The van der Waals surface area contributed by atoms with E-state index in [1.807, 2.05) is 36.6 Å². The van der Waals surface area contributed by atoms with E-state index in [4.69, 9.17) is 9.15 Å². The summed E-state index contributed by atoms with van der Waals surface area (Å²) < 4.78 is 10.9. The summed E-state index contributed by atoms with van der Waals surface area (Å²) in [6, 6.07) is 14.2. The van der Waals surface area contributed by atoms with Gasteiger partial charge in [-0.1, -0.05) is 30.3 Å². The number of rotatable bonds is 2. The van der Waals surface area contributed by atoms with Crippen LogP contribution in [0.3, 0.4) is 0 Å². The number of benzene rings is 2. The zero-order chi connectivity index (χ0) is 12.5. The second-order valence-electron chi connectivity index (χ2n) is 4.33. The smallest absolute Gasteiger partial charge is 0.138 e. The van der Waals surface area contributed by atoms with Gasteiger partial charge in [-0.15, -0.1) is 0 Å². The van der Waals surface area contributed by atoms with Crippen LogP contribution >= 0.6 is 0 Å². The van der Waals surface area contributed by atoms with Gasteiger partial charge in [-0.2, -0.15) is 0 Å². The SMILES string of the molecule is COc1cc(C)c2c(-c3ccccc3)coc2c1. The van der Waals surface area contributed by atoms with Crippen LogP contribution in [0.1, 0.15) is 5.56 Å². The van der Waals surface area contributed by atoms with Crippen molar-refractivity contribution in [2.45, 2.75) is 6.92 Å². The molecule has 0 amide bonds. The highest BCUT2D eigenvalue weighted by Gasteiger charge is 2.11. The Kier molecular flexibility index (Phi) is 2.56. The van der Waals surface area contributed by atoms with Crippen molar-refractivity contribution in [2.75, 3.05) is 7.11 Å². The summed E-state index contributed by atoms with van der Waals surface area (Å²) in [7, 11) is 1.67. The molecule has 0 aliphatic rings. The fraction of sp³-hybridized carbons (Fsp3) is 0.125. The fourth-order valence-electron chi connectivity index (χ4n) is 2.29. The first-order valence-corrected chi connectivity index (χ1v) is 5.91. The normalized spacial score (nSPS) is 10.8. The molecule has 2 nitrogen and oxygen atoms in total. The molecule has 0 saturated heterocycles. The molecular formula is C16H14O2. The Morgan fingerprint density at radius 2 is 1.83 bits per heavy atom. The van der Waals surface area contributed by atoms with Crippen LogP contribution in [-0.4, -0.2) is 7.11 Å². The van der Waals surface area contributed by atoms with E-state index in [2.05, 4.69) is 19.1 Å². The number of fused-ring (bicyclic) bond motifs is 1. The molecule has 0 atom stereocenters. The third-order valence-electron chi connectivity index (χ3n) is 3.17. The van der Waals surface area contributed by atoms with E-state index in [1.165, 1.54) is 5.56 Å². The highest BCUT2D eigenvalue weighted by Crippen LogP contribution is 2.35. The van der Waals surface area contributed by atoms with Gasteiger partial charge in [0, 0.05) is 17.0 Å². The van der Waals surface area contributed by atoms with Gasteiger partial charge >= 0.3 is 0 Å². The Balaban J connectivity index is 2.27. The van der Waals surface area contributed by atoms with Crippen molar-refractivity contribution in [3.8, 4) is 16.9 Å². The molecule has 0 N–H and O–H groups in total. The second kappa shape index (κ2) is 4.22. The Hall–Kier alpha value is -2.22. The molecule has 0 radical (unpaired) electrons. The largest absolute Gasteiger partial charge is 0.497 e. The second-order valence-corrected chi connectivity index (χ2v) is 4.33. The maximum Gasteiger partial charge on any atom is 0.138 e. The highest BCUT2D eigenvalue weighted by molar-refractivity contribution is 5.97. The number of furan rings is 1. The van der Waals surface area contributed by atoms with Gasteiger partial charge in [0.2, 0.25) is 0 Å². The lowest BCUT2D eigenvalue weighted by molar-refractivity contribution is 0.414. The average molecular weight is 238 g/mol. The zero-order valence-corrected chi connectivity index (χ0v) is 10.4. The standard InChI is InChI=1S/C16H14O2/c1-11-8-13(17-2)9-15-16(11)14(10-18-15)12-6-4-3-5-7-12/h3-10H,1-2H3. The predicted molar refractivity (Wildman–Crippen MR) is 72.9 cm³/mol. The molecule has 0 bridgehead atoms. The summed E-state index contributed by atoms with van der Waals surface area (Å²) in [4.78, 5) is 0. The lowest BCUT2D eigenvalue weighted by atomic mass is 10.0. The van der Waals surface area contributed by atoms with Crippen molar-refractivity contribution >= 4 is 11.0 Å². The number of hydrogen-bond donors (Lipinski definition) is 0. The lowest BCUT2D eigenvalue weighted by Crippen LogP contribution is -1.85. The lowest BCUT2D eigenvalue weighted by Gasteiger charge is -2.04. The molecule has 2 heteroatoms. The minimum absolute atomic E-state index is 0.828. The van der Waals surface area contributed by atoms with Crippen molar-refractivity contribution < 1.29 is 9.15 Å². The number of ether oxygens (including phenoxy) is 1. The minimum atomic E-state index is 0.828. The van der Waals surface area contributed by atoms with Gasteiger partial charge in [0.15, 0.2) is 0 Å². The van der Waals surface area contributed by atoms with Crippen molar-refractivity contribution in [1.29, 1.82) is 0 Å². The van der Waals surface area contributed by atoms with E-state index in [0.717, 1.165) is 27.8 Å². The van der Waals surface area contributed by atoms with Crippen molar-refractivity contribution in [3.63, 3.8) is 0 Å². The van der Waals surface area contributed by atoms with Crippen molar-refractivity contribution in [1.82, 2.24) is 0 Å². The maximum absolute atomic E-state index is 5.65. The molecule has 3 aromatic rings. The van der Waals surface area contributed by atoms with Crippen LogP contribution in [0.5, 0.6) is 5.75 Å². The van der Waals surface area contributed by atoms with E-state index in [0.29, 0.717) is 0 Å². The van der Waals surface area contributed by atoms with Gasteiger partial charge in [0.1, 0.15) is 11.3 Å². The Morgan fingerprint density at radius 3 is 2.56 bits per heavy atom. The first-order valence-electron chi connectivity index (χ1n) is 5.91. The Morgan fingerprint density at radius 1 is 1.06 bits per heavy atom. The molecule has 90 valence electrons. The van der Waals surface area contributed by atoms with Crippen LogP contribution < -0.4 is 4.74 Å². The summed E-state index contributed by atoms with van der Waals surface area (Å²) in [5.41, 5.74) is 4.33. The molecule has 0 aliphatic heterocycles. The van der Waals surface area contributed by atoms with E-state index in [1.54, 1.807) is 7.11 Å². The van der Waals surface area contributed by atoms with Gasteiger partial charge < -0.3 is 9.15 Å². The summed E-state index contributed by atoms with van der Waals surface area (Å²) in [6.07, 6.45) is 1.81. The Bertz CT molecular complexity index is 681. The van der Waals surface area contributed by atoms with Crippen LogP contribution in [0.4, 0.5) is 0 Å². The minimum Gasteiger partial charge on any atom is -0.497 e. The number of hydrogen-bond acceptors (Lipinski definition) is 2. The van der Waals surface area contributed by atoms with Gasteiger partial charge in [-0.3, -0.25) is 0 Å². The molecule has 3 rings (SSSR count). The van der Waals surface area contributed by atoms with Crippen LogP contribution in [-0.2, 0) is 0 Å². The maximum atomic E-state index is 5.65. The predicted octanol–water partition coefficient (Wildman–Crippen LogP) is 4.42. The van der Waals surface area contributed by atoms with Crippen LogP contribution in [0.25, 0.3) is 22.1 Å². The number of aryl methyl sites for hydroxylation is 1. The van der Waals surface area contributed by atoms with E-state index in [9.17, 15) is 0 Å². The topological polar surface area (TPSA) is 22.4 Å². The molecule has 18 heavy (non-hydrogen) atoms. The summed E-state index contributed by atoms with van der Waals surface area (Å²) >= 11 is 0. The number of methoxy groups -OCH3 is 1. The molecule has 0 fully saturated rings. The molecule has 1 heterocycles. The molecule has 0 saturated carbocycles. The van der Waals surface area contributed by atoms with Crippen LogP contribution in [0.2, 0.25) is 0 Å². The third-order valence-corrected chi connectivity index (χ3v) is 3.17. The van der Waals surface area contributed by atoms with E-state index in [-0.39, 0.29) is 0 Å². The van der Waals surface area contributed by atoms with E-state index >= 15 is 0 Å². The molecule has 1 aromatic heterocycles. The molecule has 0 spiro atoms. The first-order chi connectivity index (χ1) is 8.79. The fourth-order valence-corrected chi connectivity index (χ4v) is 2.29. The quantitative estimate of drug-likeness (QED) is 0.659. The van der Waals surface area contributed by atoms with Crippen LogP contribution in [0.15, 0.2) is 53.1 Å². The monoisotopic (exact) mass is 238 g/mol. The van der Waals surface area contributed by atoms with Gasteiger partial charge in [-0.05, 0) is 24.1 Å². The van der Waals surface area contributed by atoms with Gasteiger partial charge in [0.25, 0.3) is 0 Å². The average Bonchev–Trinajstić information content (AvgIpc) is 2.84. The third kappa shape index (κ3) is 1.66. The highest BCUT2D eigenvalue weighted by atomic mass is 16.5. The molecular weight excluding hydrogens is 224 g/mol. The molecule has 0 aliphatic carbocycles. The van der Waals surface area contributed by atoms with E-state index < -0.39 is 0 Å². The van der Waals surface area contributed by atoms with Crippen molar-refractivity contribution in [2.24, 2.45) is 0 Å². The van der Waals surface area contributed by atoms with Crippen LogP contribution in [0, 0.1) is 6.92 Å². The molecule has 0 unspecified atom stereocenters. The van der Waals surface area contributed by atoms with Gasteiger partial charge in [0.05, 0.1) is 13.4 Å². The summed E-state index contributed by atoms with van der Waals surface area (Å²) in [6.45, 7) is 2.08.